The number of esters is 1. The van der Waals surface area contributed by atoms with Crippen LogP contribution in [0.15, 0.2) is 42.5 Å². The molecule has 1 aliphatic rings. The Hall–Kier alpha value is -2.08. The van der Waals surface area contributed by atoms with Gasteiger partial charge in [-0.25, -0.2) is 4.79 Å². The number of carboxylic acids is 1. The summed E-state index contributed by atoms with van der Waals surface area (Å²) in [5.74, 6) is -4.07. The van der Waals surface area contributed by atoms with E-state index in [4.69, 9.17) is 24.4 Å². The first kappa shape index (κ1) is 47.9. The van der Waals surface area contributed by atoms with Gasteiger partial charge in [-0.15, -0.1) is 0 Å². The van der Waals surface area contributed by atoms with Crippen LogP contribution in [-0.4, -0.2) is 67.3 Å². The molecule has 1 fully saturated rings. The fourth-order valence-corrected chi connectivity index (χ4v) is 6.83. The van der Waals surface area contributed by atoms with Crippen LogP contribution < -0.4 is 5.73 Å². The molecule has 0 spiro atoms. The molecule has 0 unspecified atom stereocenters. The Balaban J connectivity index is 0.00000130. The maximum Gasteiger partial charge on any atom is 0.339 e. The molecule has 4 N–H and O–H groups in total. The van der Waals surface area contributed by atoms with Gasteiger partial charge in [-0.05, 0) is 77.1 Å². The Morgan fingerprint density at radius 1 is 0.923 bits per heavy atom. The van der Waals surface area contributed by atoms with Gasteiger partial charge in [-0.2, -0.15) is 0 Å². The zero-order valence-corrected chi connectivity index (χ0v) is 35.4. The molecule has 1 aliphatic heterocycles. The number of carbonyl (C=O) groups excluding carboxylic acids is 1. The number of aliphatic hydroxyl groups is 1. The predicted octanol–water partition coefficient (Wildman–Crippen LogP) is 9.88. The fraction of sp³-hybridized carbons (Fsp3) is 0.762. The maximum absolute atomic E-state index is 13.2. The molecular weight excluding hydrogens is 675 g/mol. The Morgan fingerprint density at radius 2 is 1.46 bits per heavy atom. The summed E-state index contributed by atoms with van der Waals surface area (Å²) in [5, 5.41) is 21.6. The lowest BCUT2D eigenvalue weighted by Crippen LogP contribution is -2.52. The van der Waals surface area contributed by atoms with Crippen molar-refractivity contribution >= 4 is 20.3 Å². The third kappa shape index (κ3) is 17.8. The number of carboxylic acid groups (broad SMARTS) is 1. The second-order valence-corrected chi connectivity index (χ2v) is 21.8. The monoisotopic (exact) mass is 750 g/mol. The summed E-state index contributed by atoms with van der Waals surface area (Å²) in [7, 11) is -2.17. The van der Waals surface area contributed by atoms with Crippen molar-refractivity contribution in [1.82, 2.24) is 0 Å². The van der Waals surface area contributed by atoms with Crippen molar-refractivity contribution in [2.45, 2.75) is 180 Å². The molecule has 1 heterocycles. The van der Waals surface area contributed by atoms with E-state index >= 15 is 0 Å². The van der Waals surface area contributed by atoms with Crippen molar-refractivity contribution in [2.75, 3.05) is 19.8 Å². The van der Waals surface area contributed by atoms with Crippen molar-refractivity contribution in [2.24, 2.45) is 11.7 Å². The van der Waals surface area contributed by atoms with Crippen LogP contribution in [-0.2, 0) is 28.2 Å². The summed E-state index contributed by atoms with van der Waals surface area (Å²) in [4.78, 5) is 25.5. The largest absolute Gasteiger partial charge is 0.481 e. The smallest absolute Gasteiger partial charge is 0.339 e. The topological polar surface area (TPSA) is 138 Å². The summed E-state index contributed by atoms with van der Waals surface area (Å²) in [6, 6.07) is 10.2. The lowest BCUT2D eigenvalue weighted by atomic mass is 9.83. The van der Waals surface area contributed by atoms with Crippen LogP contribution in [0.2, 0.25) is 18.1 Å². The fourth-order valence-electron chi connectivity index (χ4n) is 5.78. The molecule has 0 aromatic heterocycles. The lowest BCUT2D eigenvalue weighted by molar-refractivity contribution is -0.187. The van der Waals surface area contributed by atoms with Gasteiger partial charge in [0.15, 0.2) is 19.7 Å². The molecule has 0 amide bonds. The first-order valence-corrected chi connectivity index (χ1v) is 22.7. The highest BCUT2D eigenvalue weighted by Gasteiger charge is 2.49. The number of unbranched alkanes of at least 4 members (excludes halogenated alkanes) is 8. The third-order valence-corrected chi connectivity index (χ3v) is 14.6. The second kappa shape index (κ2) is 23.0. The summed E-state index contributed by atoms with van der Waals surface area (Å²) in [6.45, 7) is 21.2. The molecule has 0 radical (unpaired) electrons. The highest BCUT2D eigenvalue weighted by molar-refractivity contribution is 6.74. The average molecular weight is 750 g/mol. The maximum atomic E-state index is 13.2. The van der Waals surface area contributed by atoms with Crippen LogP contribution in [0.4, 0.5) is 0 Å². The summed E-state index contributed by atoms with van der Waals surface area (Å²) in [5.41, 5.74) is 3.69. The minimum atomic E-state index is -2.25. The zero-order chi connectivity index (χ0) is 39.5. The number of rotatable bonds is 22. The van der Waals surface area contributed by atoms with Crippen molar-refractivity contribution in [3.05, 3.63) is 48.0 Å². The molecule has 0 aliphatic carbocycles. The second-order valence-electron chi connectivity index (χ2n) is 17.0. The standard InChI is InChI=1S/C34H64O8Si.C8H11N/c1-10-11-12-16-19-22-33(39-26-27-40-33)23-20-17-14-13-15-18-21-28(29(35)36)34(38,30(37)42-31(2,3)4)24-25-41-43(8,9)32(5,6)7;1-7(9)8-5-3-2-4-6-8/h18,21,28,38H,10-17,19-20,22-27H2,1-9H3,(H,35,36);2-7H,9H2,1H3/b21-18+;/t28-,34+;7-/m10/s1. The van der Waals surface area contributed by atoms with Gasteiger partial charge in [-0.1, -0.05) is 109 Å². The highest BCUT2D eigenvalue weighted by atomic mass is 28.4. The van der Waals surface area contributed by atoms with E-state index in [0.29, 0.717) is 19.6 Å². The van der Waals surface area contributed by atoms with Gasteiger partial charge in [0.25, 0.3) is 0 Å². The molecule has 300 valence electrons. The molecule has 52 heavy (non-hydrogen) atoms. The number of nitrogens with two attached hydrogens (primary N) is 1. The Kier molecular flexibility index (Phi) is 21.2. The molecule has 1 aromatic rings. The number of hydrogen-bond donors (Lipinski definition) is 3. The van der Waals surface area contributed by atoms with Crippen LogP contribution in [0.25, 0.3) is 0 Å². The Morgan fingerprint density at radius 3 is 1.92 bits per heavy atom. The summed E-state index contributed by atoms with van der Waals surface area (Å²) >= 11 is 0. The zero-order valence-electron chi connectivity index (χ0n) is 34.4. The average Bonchev–Trinajstić information content (AvgIpc) is 3.51. The Bertz CT molecular complexity index is 1170. The molecule has 2 rings (SSSR count). The minimum Gasteiger partial charge on any atom is -0.481 e. The molecule has 10 heteroatoms. The van der Waals surface area contributed by atoms with E-state index in [1.165, 1.54) is 37.3 Å². The third-order valence-electron chi connectivity index (χ3n) is 10.1. The van der Waals surface area contributed by atoms with Crippen LogP contribution in [0.1, 0.15) is 150 Å². The molecule has 0 bridgehead atoms. The van der Waals surface area contributed by atoms with E-state index in [1.54, 1.807) is 26.8 Å². The number of allylic oxidation sites excluding steroid dienone is 1. The van der Waals surface area contributed by atoms with Crippen molar-refractivity contribution in [3.63, 3.8) is 0 Å². The molecular formula is C42H75NO8Si. The highest BCUT2D eigenvalue weighted by Crippen LogP contribution is 2.38. The van der Waals surface area contributed by atoms with E-state index < -0.39 is 43.2 Å². The molecule has 1 aromatic carbocycles. The summed E-state index contributed by atoms with van der Waals surface area (Å²) < 4.78 is 23.8. The van der Waals surface area contributed by atoms with E-state index in [1.807, 2.05) is 37.3 Å². The molecule has 0 saturated carbocycles. The quantitative estimate of drug-likeness (QED) is 0.0458. The van der Waals surface area contributed by atoms with Crippen LogP contribution in [0, 0.1) is 5.92 Å². The van der Waals surface area contributed by atoms with Gasteiger partial charge in [0, 0.05) is 31.9 Å². The number of benzene rings is 1. The number of ether oxygens (including phenoxy) is 3. The number of carbonyl (C=O) groups is 2. The first-order chi connectivity index (χ1) is 24.2. The summed E-state index contributed by atoms with van der Waals surface area (Å²) in [6.07, 6.45) is 15.6. The Labute approximate surface area is 317 Å². The van der Waals surface area contributed by atoms with Gasteiger partial charge in [0.05, 0.1) is 13.2 Å². The predicted molar refractivity (Wildman–Crippen MR) is 214 cm³/mol. The van der Waals surface area contributed by atoms with Gasteiger partial charge < -0.3 is 34.6 Å². The molecule has 1 saturated heterocycles. The van der Waals surface area contributed by atoms with Crippen molar-refractivity contribution in [1.29, 1.82) is 0 Å². The van der Waals surface area contributed by atoms with E-state index in [2.05, 4.69) is 40.8 Å². The normalized spacial score (nSPS) is 17.2. The molecule has 3 atom stereocenters. The molecule has 9 nitrogen and oxygen atoms in total. The van der Waals surface area contributed by atoms with Crippen LogP contribution >= 0.6 is 0 Å². The first-order valence-electron chi connectivity index (χ1n) is 19.8. The van der Waals surface area contributed by atoms with Crippen LogP contribution in [0.5, 0.6) is 0 Å². The van der Waals surface area contributed by atoms with Gasteiger partial charge in [0.2, 0.25) is 0 Å². The SMILES string of the molecule is CCCCCCCC1(CCCCCC/C=C/[C@H](C(=O)O)[C@@](O)(CCO[Si](C)(C)C(C)(C)C)C(=O)OC(C)(C)C)OCCO1.C[C@H](N)c1ccccc1. The van der Waals surface area contributed by atoms with Gasteiger partial charge in [-0.3, -0.25) is 4.79 Å². The van der Waals surface area contributed by atoms with Crippen molar-refractivity contribution in [3.8, 4) is 0 Å². The van der Waals surface area contributed by atoms with E-state index in [-0.39, 0.29) is 24.1 Å². The van der Waals surface area contributed by atoms with Gasteiger partial charge >= 0.3 is 11.9 Å². The minimum absolute atomic E-state index is 0.0604. The van der Waals surface area contributed by atoms with Crippen LogP contribution in [0.3, 0.4) is 0 Å². The van der Waals surface area contributed by atoms with E-state index in [0.717, 1.165) is 44.9 Å². The number of aliphatic carboxylic acids is 1. The van der Waals surface area contributed by atoms with Gasteiger partial charge in [0.1, 0.15) is 11.5 Å². The lowest BCUT2D eigenvalue weighted by Gasteiger charge is -2.38. The van der Waals surface area contributed by atoms with E-state index in [9.17, 15) is 19.8 Å². The van der Waals surface area contributed by atoms with Crippen molar-refractivity contribution < 1.29 is 38.4 Å². The number of hydrogen-bond acceptors (Lipinski definition) is 8.